The number of benzene rings is 2. The zero-order valence-electron chi connectivity index (χ0n) is 18.9. The molecule has 6 nitrogen and oxygen atoms in total. The Hall–Kier alpha value is -3.15. The van der Waals surface area contributed by atoms with Crippen molar-refractivity contribution in [3.63, 3.8) is 0 Å². The number of fused-ring (bicyclic) bond motifs is 1. The van der Waals surface area contributed by atoms with E-state index in [0.717, 1.165) is 36.9 Å². The molecule has 0 aromatic heterocycles. The third-order valence-electron chi connectivity index (χ3n) is 6.54. The minimum Gasteiger partial charge on any atom is -0.338 e. The maximum Gasteiger partial charge on any atom is 0.254 e. The van der Waals surface area contributed by atoms with E-state index in [1.807, 2.05) is 58.3 Å². The van der Waals surface area contributed by atoms with Crippen molar-refractivity contribution >= 4 is 23.4 Å². The van der Waals surface area contributed by atoms with E-state index in [4.69, 9.17) is 0 Å². The standard InChI is InChI=1S/C26H31N3O3/c1-3-14-29(23-12-15-27(16-13-23)25(31)20-7-5-4-6-8-20)26(32)22-9-10-24-21(18-22)11-17-28(24)19(2)30/h4-10,18,23H,3,11-17H2,1-2H3. The van der Waals surface area contributed by atoms with E-state index in [9.17, 15) is 14.4 Å². The van der Waals surface area contributed by atoms with Gasteiger partial charge in [-0.15, -0.1) is 0 Å². The third kappa shape index (κ3) is 4.40. The van der Waals surface area contributed by atoms with E-state index in [1.54, 1.807) is 11.8 Å². The molecule has 6 heteroatoms. The molecule has 0 unspecified atom stereocenters. The van der Waals surface area contributed by atoms with E-state index in [1.165, 1.54) is 0 Å². The number of hydrogen-bond acceptors (Lipinski definition) is 3. The lowest BCUT2D eigenvalue weighted by Crippen LogP contribution is -2.49. The van der Waals surface area contributed by atoms with Crippen molar-refractivity contribution in [2.24, 2.45) is 0 Å². The monoisotopic (exact) mass is 433 g/mol. The number of likely N-dealkylation sites (tertiary alicyclic amines) is 1. The van der Waals surface area contributed by atoms with Gasteiger partial charge >= 0.3 is 0 Å². The first-order valence-electron chi connectivity index (χ1n) is 11.6. The summed E-state index contributed by atoms with van der Waals surface area (Å²) in [4.78, 5) is 43.7. The lowest BCUT2D eigenvalue weighted by Gasteiger charge is -2.38. The predicted octanol–water partition coefficient (Wildman–Crippen LogP) is 3.75. The zero-order valence-corrected chi connectivity index (χ0v) is 18.9. The summed E-state index contributed by atoms with van der Waals surface area (Å²) in [7, 11) is 0. The summed E-state index contributed by atoms with van der Waals surface area (Å²) in [5, 5.41) is 0. The molecule has 0 atom stereocenters. The summed E-state index contributed by atoms with van der Waals surface area (Å²) in [6.07, 6.45) is 3.24. The van der Waals surface area contributed by atoms with Gasteiger partial charge in [-0.3, -0.25) is 14.4 Å². The van der Waals surface area contributed by atoms with Crippen LogP contribution in [0, 0.1) is 0 Å². The molecule has 0 spiro atoms. The van der Waals surface area contributed by atoms with Crippen LogP contribution in [0.2, 0.25) is 0 Å². The van der Waals surface area contributed by atoms with Gasteiger partial charge < -0.3 is 14.7 Å². The highest BCUT2D eigenvalue weighted by atomic mass is 16.2. The number of carbonyl (C=O) groups excluding carboxylic acids is 3. The van der Waals surface area contributed by atoms with Crippen molar-refractivity contribution in [3.8, 4) is 0 Å². The second-order valence-electron chi connectivity index (χ2n) is 8.65. The van der Waals surface area contributed by atoms with Gasteiger partial charge in [0.1, 0.15) is 0 Å². The highest BCUT2D eigenvalue weighted by molar-refractivity contribution is 5.98. The number of amides is 3. The summed E-state index contributed by atoms with van der Waals surface area (Å²) < 4.78 is 0. The summed E-state index contributed by atoms with van der Waals surface area (Å²) in [6.45, 7) is 6.35. The molecule has 2 aliphatic heterocycles. The molecule has 168 valence electrons. The van der Waals surface area contributed by atoms with Crippen molar-refractivity contribution in [1.82, 2.24) is 9.80 Å². The molecular weight excluding hydrogens is 402 g/mol. The Bertz CT molecular complexity index is 997. The summed E-state index contributed by atoms with van der Waals surface area (Å²) >= 11 is 0. The van der Waals surface area contributed by atoms with Gasteiger partial charge in [0.25, 0.3) is 11.8 Å². The molecule has 0 N–H and O–H groups in total. The van der Waals surface area contributed by atoms with E-state index in [0.29, 0.717) is 37.3 Å². The Morgan fingerprint density at radius 2 is 1.69 bits per heavy atom. The molecule has 32 heavy (non-hydrogen) atoms. The van der Waals surface area contributed by atoms with Crippen LogP contribution in [-0.4, -0.2) is 59.7 Å². The van der Waals surface area contributed by atoms with Crippen LogP contribution in [0.3, 0.4) is 0 Å². The molecule has 2 aromatic rings. The topological polar surface area (TPSA) is 60.9 Å². The molecule has 3 amide bonds. The molecule has 4 rings (SSSR count). The average Bonchev–Trinajstić information content (AvgIpc) is 3.26. The lowest BCUT2D eigenvalue weighted by molar-refractivity contribution is -0.116. The molecule has 2 aromatic carbocycles. The largest absolute Gasteiger partial charge is 0.338 e. The van der Waals surface area contributed by atoms with Crippen molar-refractivity contribution in [1.29, 1.82) is 0 Å². The minimum absolute atomic E-state index is 0.0345. The fraction of sp³-hybridized carbons (Fsp3) is 0.423. The Labute approximate surface area is 189 Å². The number of piperidine rings is 1. The van der Waals surface area contributed by atoms with E-state index < -0.39 is 0 Å². The fourth-order valence-corrected chi connectivity index (χ4v) is 4.86. The Morgan fingerprint density at radius 3 is 2.34 bits per heavy atom. The van der Waals surface area contributed by atoms with Gasteiger partial charge in [0.05, 0.1) is 0 Å². The van der Waals surface area contributed by atoms with Crippen LogP contribution in [-0.2, 0) is 11.2 Å². The molecule has 0 aliphatic carbocycles. The molecule has 2 aliphatic rings. The number of hydrogen-bond donors (Lipinski definition) is 0. The SMILES string of the molecule is CCCN(C(=O)c1ccc2c(c1)CCN2C(C)=O)C1CCN(C(=O)c2ccccc2)CC1. The quantitative estimate of drug-likeness (QED) is 0.722. The van der Waals surface area contributed by atoms with Crippen molar-refractivity contribution < 1.29 is 14.4 Å². The van der Waals surface area contributed by atoms with Crippen LogP contribution in [0.1, 0.15) is 59.4 Å². The number of nitrogens with zero attached hydrogens (tertiary/aromatic N) is 3. The second kappa shape index (κ2) is 9.55. The van der Waals surface area contributed by atoms with Gasteiger partial charge in [-0.05, 0) is 61.6 Å². The van der Waals surface area contributed by atoms with Crippen LogP contribution < -0.4 is 4.90 Å². The molecule has 0 bridgehead atoms. The van der Waals surface area contributed by atoms with Crippen LogP contribution in [0.15, 0.2) is 48.5 Å². The Balaban J connectivity index is 1.45. The molecule has 0 saturated carbocycles. The average molecular weight is 434 g/mol. The van der Waals surface area contributed by atoms with Gasteiger partial charge in [0, 0.05) is 56.0 Å². The first-order chi connectivity index (χ1) is 15.5. The van der Waals surface area contributed by atoms with Crippen molar-refractivity contribution in [2.75, 3.05) is 31.1 Å². The maximum absolute atomic E-state index is 13.5. The minimum atomic E-state index is 0.0345. The molecule has 2 heterocycles. The van der Waals surface area contributed by atoms with Crippen LogP contribution in [0.5, 0.6) is 0 Å². The fourth-order valence-electron chi connectivity index (χ4n) is 4.86. The van der Waals surface area contributed by atoms with E-state index in [-0.39, 0.29) is 23.8 Å². The normalized spacial score (nSPS) is 16.1. The highest BCUT2D eigenvalue weighted by Crippen LogP contribution is 2.30. The van der Waals surface area contributed by atoms with Crippen LogP contribution in [0.4, 0.5) is 5.69 Å². The van der Waals surface area contributed by atoms with Crippen LogP contribution >= 0.6 is 0 Å². The molecule has 0 radical (unpaired) electrons. The van der Waals surface area contributed by atoms with Gasteiger partial charge in [-0.25, -0.2) is 0 Å². The lowest BCUT2D eigenvalue weighted by atomic mass is 10.00. The van der Waals surface area contributed by atoms with Gasteiger partial charge in [-0.2, -0.15) is 0 Å². The first-order valence-corrected chi connectivity index (χ1v) is 11.6. The summed E-state index contributed by atoms with van der Waals surface area (Å²) in [6, 6.07) is 15.2. The van der Waals surface area contributed by atoms with E-state index in [2.05, 4.69) is 6.92 Å². The van der Waals surface area contributed by atoms with Crippen molar-refractivity contribution in [2.45, 2.75) is 45.6 Å². The summed E-state index contributed by atoms with van der Waals surface area (Å²) in [5.74, 6) is 0.141. The molecule has 1 saturated heterocycles. The predicted molar refractivity (Wildman–Crippen MR) is 125 cm³/mol. The first kappa shape index (κ1) is 22.1. The van der Waals surface area contributed by atoms with Gasteiger partial charge in [0.2, 0.25) is 5.91 Å². The molecule has 1 fully saturated rings. The smallest absolute Gasteiger partial charge is 0.254 e. The molecular formula is C26H31N3O3. The Kier molecular flexibility index (Phi) is 6.58. The van der Waals surface area contributed by atoms with Crippen molar-refractivity contribution in [3.05, 3.63) is 65.2 Å². The van der Waals surface area contributed by atoms with Crippen LogP contribution in [0.25, 0.3) is 0 Å². The van der Waals surface area contributed by atoms with E-state index >= 15 is 0 Å². The van der Waals surface area contributed by atoms with Gasteiger partial charge in [0.15, 0.2) is 0 Å². The second-order valence-corrected chi connectivity index (χ2v) is 8.65. The third-order valence-corrected chi connectivity index (χ3v) is 6.54. The highest BCUT2D eigenvalue weighted by Gasteiger charge is 2.31. The number of anilines is 1. The van der Waals surface area contributed by atoms with Gasteiger partial charge in [-0.1, -0.05) is 25.1 Å². The number of rotatable bonds is 5. The zero-order chi connectivity index (χ0) is 22.7. The maximum atomic E-state index is 13.5. The summed E-state index contributed by atoms with van der Waals surface area (Å²) in [5.41, 5.74) is 3.38. The number of carbonyl (C=O) groups is 3. The Morgan fingerprint density at radius 1 is 0.969 bits per heavy atom.